The first-order valence-corrected chi connectivity index (χ1v) is 10.9. The number of aromatic nitrogens is 1. The molecule has 2 aromatic rings. The van der Waals surface area contributed by atoms with Gasteiger partial charge in [-0.05, 0) is 25.0 Å². The molecule has 0 spiro atoms. The van der Waals surface area contributed by atoms with E-state index in [1.165, 1.54) is 10.6 Å². The number of carbonyl (C=O) groups is 1. The maximum absolute atomic E-state index is 12.6. The molecule has 0 saturated carbocycles. The van der Waals surface area contributed by atoms with Crippen LogP contribution in [0.5, 0.6) is 0 Å². The lowest BCUT2D eigenvalue weighted by Crippen LogP contribution is -2.37. The van der Waals surface area contributed by atoms with E-state index in [9.17, 15) is 13.2 Å². The Bertz CT molecular complexity index is 869. The van der Waals surface area contributed by atoms with Gasteiger partial charge in [-0.3, -0.25) is 14.1 Å². The summed E-state index contributed by atoms with van der Waals surface area (Å²) in [5.74, 6) is 0.0220. The van der Waals surface area contributed by atoms with Crippen molar-refractivity contribution in [3.05, 3.63) is 36.5 Å². The van der Waals surface area contributed by atoms with Crippen LogP contribution in [0.1, 0.15) is 32.1 Å². The molecule has 1 aliphatic rings. The number of benzene rings is 1. The Labute approximate surface area is 154 Å². The second-order valence-corrected chi connectivity index (χ2v) is 8.64. The average molecular weight is 375 g/mol. The Morgan fingerprint density at radius 3 is 2.50 bits per heavy atom. The molecule has 0 atom stereocenters. The van der Waals surface area contributed by atoms with E-state index >= 15 is 0 Å². The van der Waals surface area contributed by atoms with E-state index in [2.05, 4.69) is 4.98 Å². The number of amides is 1. The van der Waals surface area contributed by atoms with Crippen LogP contribution in [0.3, 0.4) is 0 Å². The molecular formula is C19H25N3O3S. The number of pyridine rings is 1. The largest absolute Gasteiger partial charge is 0.343 e. The quantitative estimate of drug-likeness (QED) is 0.806. The summed E-state index contributed by atoms with van der Waals surface area (Å²) in [6.45, 7) is 1.67. The van der Waals surface area contributed by atoms with Crippen LogP contribution in [0.15, 0.2) is 36.5 Å². The van der Waals surface area contributed by atoms with E-state index in [-0.39, 0.29) is 18.9 Å². The molecule has 7 heteroatoms. The van der Waals surface area contributed by atoms with E-state index in [1.54, 1.807) is 12.3 Å². The Kier molecular flexibility index (Phi) is 5.76. The van der Waals surface area contributed by atoms with Crippen molar-refractivity contribution in [1.82, 2.24) is 9.88 Å². The molecular weight excluding hydrogens is 350 g/mol. The zero-order valence-electron chi connectivity index (χ0n) is 15.1. The number of hydrogen-bond donors (Lipinski definition) is 0. The second-order valence-electron chi connectivity index (χ2n) is 6.73. The van der Waals surface area contributed by atoms with Crippen molar-refractivity contribution in [2.45, 2.75) is 32.1 Å². The van der Waals surface area contributed by atoms with Gasteiger partial charge in [0.15, 0.2) is 0 Å². The third-order valence-electron chi connectivity index (χ3n) is 4.77. The molecule has 0 unspecified atom stereocenters. The van der Waals surface area contributed by atoms with Crippen molar-refractivity contribution < 1.29 is 13.2 Å². The summed E-state index contributed by atoms with van der Waals surface area (Å²) < 4.78 is 26.1. The first kappa shape index (κ1) is 18.6. The highest BCUT2D eigenvalue weighted by molar-refractivity contribution is 7.92. The number of hydrogen-bond acceptors (Lipinski definition) is 4. The van der Waals surface area contributed by atoms with Crippen molar-refractivity contribution in [3.8, 4) is 0 Å². The lowest BCUT2D eigenvalue weighted by Gasteiger charge is -2.25. The van der Waals surface area contributed by atoms with Crippen LogP contribution < -0.4 is 4.31 Å². The highest BCUT2D eigenvalue weighted by Crippen LogP contribution is 2.27. The molecule has 0 bridgehead atoms. The Hall–Kier alpha value is -2.15. The number of sulfonamides is 1. The third-order valence-corrected chi connectivity index (χ3v) is 5.95. The summed E-state index contributed by atoms with van der Waals surface area (Å²) in [4.78, 5) is 18.8. The van der Waals surface area contributed by atoms with Crippen molar-refractivity contribution in [2.24, 2.45) is 0 Å². The van der Waals surface area contributed by atoms with Crippen LogP contribution in [-0.2, 0) is 14.8 Å². The molecule has 1 aliphatic heterocycles. The molecule has 0 radical (unpaired) electrons. The minimum Gasteiger partial charge on any atom is -0.343 e. The zero-order valence-corrected chi connectivity index (χ0v) is 15.9. The van der Waals surface area contributed by atoms with Crippen molar-refractivity contribution in [3.63, 3.8) is 0 Å². The number of anilines is 1. The van der Waals surface area contributed by atoms with Crippen molar-refractivity contribution in [2.75, 3.05) is 30.2 Å². The Balaban J connectivity index is 1.82. The molecule has 1 aromatic carbocycles. The van der Waals surface area contributed by atoms with Crippen molar-refractivity contribution >= 4 is 32.5 Å². The van der Waals surface area contributed by atoms with Crippen LogP contribution >= 0.6 is 0 Å². The highest BCUT2D eigenvalue weighted by Gasteiger charge is 2.23. The van der Waals surface area contributed by atoms with E-state index in [4.69, 9.17) is 0 Å². The Morgan fingerprint density at radius 2 is 1.81 bits per heavy atom. The van der Waals surface area contributed by atoms with Crippen LogP contribution in [0, 0.1) is 0 Å². The molecule has 1 fully saturated rings. The van der Waals surface area contributed by atoms with Crippen LogP contribution in [-0.4, -0.2) is 50.1 Å². The molecule has 6 nitrogen and oxygen atoms in total. The van der Waals surface area contributed by atoms with Gasteiger partial charge in [0.2, 0.25) is 15.9 Å². The standard InChI is InChI=1S/C19H25N3O3S/c1-26(24,25)22(15-11-18(23)21-13-4-2-3-5-14-21)17-10-6-8-16-9-7-12-20-19(16)17/h6-10,12H,2-5,11,13-15H2,1H3. The van der Waals surface area contributed by atoms with Crippen LogP contribution in [0.4, 0.5) is 5.69 Å². The second kappa shape index (κ2) is 8.03. The van der Waals surface area contributed by atoms with Gasteiger partial charge in [0.05, 0.1) is 17.5 Å². The first-order chi connectivity index (χ1) is 12.5. The van der Waals surface area contributed by atoms with E-state index in [0.29, 0.717) is 11.2 Å². The fourth-order valence-corrected chi connectivity index (χ4v) is 4.36. The normalized spacial score (nSPS) is 15.7. The molecule has 26 heavy (non-hydrogen) atoms. The molecule has 1 amide bonds. The van der Waals surface area contributed by atoms with Gasteiger partial charge in [0, 0.05) is 37.6 Å². The topological polar surface area (TPSA) is 70.6 Å². The molecule has 0 aliphatic carbocycles. The third kappa shape index (κ3) is 4.33. The predicted molar refractivity (Wildman–Crippen MR) is 104 cm³/mol. The van der Waals surface area contributed by atoms with E-state index < -0.39 is 10.0 Å². The van der Waals surface area contributed by atoms with Gasteiger partial charge in [-0.25, -0.2) is 8.42 Å². The smallest absolute Gasteiger partial charge is 0.232 e. The fourth-order valence-electron chi connectivity index (χ4n) is 3.43. The minimum absolute atomic E-state index is 0.0220. The molecule has 140 valence electrons. The fraction of sp³-hybridized carbons (Fsp3) is 0.474. The number of nitrogens with zero attached hydrogens (tertiary/aromatic N) is 3. The summed E-state index contributed by atoms with van der Waals surface area (Å²) in [5.41, 5.74) is 1.15. The number of fused-ring (bicyclic) bond motifs is 1. The molecule has 3 rings (SSSR count). The lowest BCUT2D eigenvalue weighted by molar-refractivity contribution is -0.130. The molecule has 1 aromatic heterocycles. The van der Waals surface area contributed by atoms with Crippen LogP contribution in [0.2, 0.25) is 0 Å². The van der Waals surface area contributed by atoms with E-state index in [0.717, 1.165) is 44.2 Å². The monoisotopic (exact) mass is 375 g/mol. The maximum Gasteiger partial charge on any atom is 0.232 e. The maximum atomic E-state index is 12.6. The first-order valence-electron chi connectivity index (χ1n) is 9.06. The molecule has 0 N–H and O–H groups in total. The molecule has 2 heterocycles. The van der Waals surface area contributed by atoms with Gasteiger partial charge in [0.1, 0.15) is 0 Å². The number of rotatable bonds is 5. The Morgan fingerprint density at radius 1 is 1.12 bits per heavy atom. The van der Waals surface area contributed by atoms with Gasteiger partial charge in [-0.1, -0.05) is 31.0 Å². The highest BCUT2D eigenvalue weighted by atomic mass is 32.2. The summed E-state index contributed by atoms with van der Waals surface area (Å²) in [6, 6.07) is 9.17. The predicted octanol–water partition coefficient (Wildman–Crippen LogP) is 2.79. The summed E-state index contributed by atoms with van der Waals surface area (Å²) in [7, 11) is -3.52. The lowest BCUT2D eigenvalue weighted by atomic mass is 10.2. The van der Waals surface area contributed by atoms with Gasteiger partial charge < -0.3 is 4.90 Å². The minimum atomic E-state index is -3.52. The number of likely N-dealkylation sites (tertiary alicyclic amines) is 1. The zero-order chi connectivity index (χ0) is 18.6. The van der Waals surface area contributed by atoms with Gasteiger partial charge in [-0.15, -0.1) is 0 Å². The summed E-state index contributed by atoms with van der Waals surface area (Å²) in [5, 5.41) is 0.873. The van der Waals surface area contributed by atoms with Gasteiger partial charge >= 0.3 is 0 Å². The SMILES string of the molecule is CS(=O)(=O)N(CCC(=O)N1CCCCCC1)c1cccc2cccnc12. The van der Waals surface area contributed by atoms with Crippen molar-refractivity contribution in [1.29, 1.82) is 0 Å². The summed E-state index contributed by atoms with van der Waals surface area (Å²) in [6.07, 6.45) is 7.35. The molecule has 1 saturated heterocycles. The summed E-state index contributed by atoms with van der Waals surface area (Å²) >= 11 is 0. The average Bonchev–Trinajstić information content (AvgIpc) is 2.90. The van der Waals surface area contributed by atoms with Gasteiger partial charge in [0.25, 0.3) is 0 Å². The number of para-hydroxylation sites is 1. The van der Waals surface area contributed by atoms with Gasteiger partial charge in [-0.2, -0.15) is 0 Å². The number of carbonyl (C=O) groups excluding carboxylic acids is 1. The van der Waals surface area contributed by atoms with Crippen LogP contribution in [0.25, 0.3) is 10.9 Å². The van der Waals surface area contributed by atoms with E-state index in [1.807, 2.05) is 29.2 Å².